The van der Waals surface area contributed by atoms with E-state index in [4.69, 9.17) is 9.52 Å². The monoisotopic (exact) mass is 257 g/mol. The van der Waals surface area contributed by atoms with Crippen molar-refractivity contribution in [2.24, 2.45) is 0 Å². The van der Waals surface area contributed by atoms with Crippen LogP contribution in [0.5, 0.6) is 0 Å². The Balaban J connectivity index is 2.10. The Kier molecular flexibility index (Phi) is 3.20. The van der Waals surface area contributed by atoms with E-state index in [1.165, 1.54) is 11.3 Å². The Morgan fingerprint density at radius 1 is 1.62 bits per heavy atom. The summed E-state index contributed by atoms with van der Waals surface area (Å²) in [6.45, 7) is 1.88. The first-order chi connectivity index (χ1) is 7.65. The summed E-state index contributed by atoms with van der Waals surface area (Å²) in [5, 5.41) is 19.0. The highest BCUT2D eigenvalue weighted by atomic mass is 32.2. The zero-order valence-electron chi connectivity index (χ0n) is 8.21. The third-order valence-corrected chi connectivity index (χ3v) is 3.14. The first kappa shape index (κ1) is 11.1. The number of hydrogen-bond acceptors (Lipinski definition) is 7. The van der Waals surface area contributed by atoms with Crippen LogP contribution in [0.2, 0.25) is 0 Å². The number of aromatic nitrogens is 3. The number of thioether (sulfide) groups is 1. The summed E-state index contributed by atoms with van der Waals surface area (Å²) >= 11 is 2.47. The highest BCUT2D eigenvalue weighted by Gasteiger charge is 2.12. The number of thiazole rings is 1. The van der Waals surface area contributed by atoms with Crippen molar-refractivity contribution in [3.05, 3.63) is 10.4 Å². The predicted molar refractivity (Wildman–Crippen MR) is 58.5 cm³/mol. The van der Waals surface area contributed by atoms with Crippen molar-refractivity contribution in [3.8, 4) is 11.6 Å². The summed E-state index contributed by atoms with van der Waals surface area (Å²) in [6, 6.07) is 0. The summed E-state index contributed by atoms with van der Waals surface area (Å²) in [5.74, 6) is -0.705. The summed E-state index contributed by atoms with van der Waals surface area (Å²) in [6.07, 6.45) is 0. The third-order valence-electron chi connectivity index (χ3n) is 1.56. The molecule has 0 unspecified atom stereocenters. The number of carbonyl (C=O) groups is 1. The first-order valence-electron chi connectivity index (χ1n) is 4.26. The van der Waals surface area contributed by atoms with Gasteiger partial charge in [-0.3, -0.25) is 4.79 Å². The Labute approximate surface area is 98.7 Å². The number of carboxylic acid groups (broad SMARTS) is 1. The van der Waals surface area contributed by atoms with Crippen LogP contribution in [0, 0.1) is 6.92 Å². The van der Waals surface area contributed by atoms with Crippen LogP contribution in [-0.2, 0) is 4.79 Å². The van der Waals surface area contributed by atoms with Crippen LogP contribution in [-0.4, -0.2) is 32.0 Å². The van der Waals surface area contributed by atoms with E-state index in [1.807, 2.05) is 12.3 Å². The average Bonchev–Trinajstić information content (AvgIpc) is 2.83. The van der Waals surface area contributed by atoms with Gasteiger partial charge in [0.15, 0.2) is 0 Å². The Bertz CT molecular complexity index is 508. The van der Waals surface area contributed by atoms with E-state index in [0.717, 1.165) is 16.8 Å². The fourth-order valence-electron chi connectivity index (χ4n) is 0.957. The Morgan fingerprint density at radius 3 is 3.06 bits per heavy atom. The van der Waals surface area contributed by atoms with Crippen LogP contribution >= 0.6 is 23.1 Å². The maximum atomic E-state index is 10.3. The molecular weight excluding hydrogens is 250 g/mol. The summed E-state index contributed by atoms with van der Waals surface area (Å²) in [4.78, 5) is 14.5. The Morgan fingerprint density at radius 2 is 2.44 bits per heavy atom. The molecule has 8 heteroatoms. The molecule has 0 aliphatic heterocycles. The molecule has 16 heavy (non-hydrogen) atoms. The van der Waals surface area contributed by atoms with Crippen molar-refractivity contribution >= 4 is 29.1 Å². The number of nitrogens with zero attached hydrogens (tertiary/aromatic N) is 3. The van der Waals surface area contributed by atoms with Gasteiger partial charge in [-0.05, 0) is 6.92 Å². The molecule has 0 saturated heterocycles. The lowest BCUT2D eigenvalue weighted by molar-refractivity contribution is -0.133. The Hall–Kier alpha value is -1.41. The van der Waals surface area contributed by atoms with E-state index < -0.39 is 5.97 Å². The molecule has 0 atom stereocenters. The lowest BCUT2D eigenvalue weighted by Gasteiger charge is -1.88. The molecule has 0 saturated carbocycles. The van der Waals surface area contributed by atoms with Gasteiger partial charge in [-0.1, -0.05) is 11.8 Å². The van der Waals surface area contributed by atoms with Gasteiger partial charge in [0.05, 0.1) is 5.01 Å². The number of aliphatic carboxylic acids is 1. The molecule has 2 rings (SSSR count). The van der Waals surface area contributed by atoms with Gasteiger partial charge in [-0.25, -0.2) is 4.98 Å². The second-order valence-electron chi connectivity index (χ2n) is 2.81. The van der Waals surface area contributed by atoms with Crippen molar-refractivity contribution in [1.29, 1.82) is 0 Å². The van der Waals surface area contributed by atoms with Gasteiger partial charge in [0.2, 0.25) is 0 Å². The van der Waals surface area contributed by atoms with E-state index in [9.17, 15) is 4.79 Å². The van der Waals surface area contributed by atoms with Crippen molar-refractivity contribution in [2.75, 3.05) is 5.75 Å². The molecule has 0 radical (unpaired) electrons. The van der Waals surface area contributed by atoms with E-state index >= 15 is 0 Å². The number of hydrogen-bond donors (Lipinski definition) is 1. The topological polar surface area (TPSA) is 89.1 Å². The molecular formula is C8H7N3O3S2. The van der Waals surface area contributed by atoms with Gasteiger partial charge >= 0.3 is 5.97 Å². The largest absolute Gasteiger partial charge is 0.481 e. The van der Waals surface area contributed by atoms with E-state index in [0.29, 0.717) is 11.6 Å². The molecule has 84 valence electrons. The zero-order valence-corrected chi connectivity index (χ0v) is 9.84. The van der Waals surface area contributed by atoms with Crippen molar-refractivity contribution < 1.29 is 14.3 Å². The number of rotatable bonds is 4. The van der Waals surface area contributed by atoms with Crippen LogP contribution in [0.1, 0.15) is 5.01 Å². The van der Waals surface area contributed by atoms with Crippen molar-refractivity contribution in [3.63, 3.8) is 0 Å². The van der Waals surface area contributed by atoms with Crippen LogP contribution in [0.15, 0.2) is 15.0 Å². The summed E-state index contributed by atoms with van der Waals surface area (Å²) < 4.78 is 5.26. The predicted octanol–water partition coefficient (Wildman–Crippen LogP) is 1.68. The molecule has 0 aliphatic carbocycles. The fourth-order valence-corrected chi connectivity index (χ4v) is 2.03. The van der Waals surface area contributed by atoms with Gasteiger partial charge in [-0.2, -0.15) is 0 Å². The minimum atomic E-state index is -0.922. The molecule has 0 aromatic carbocycles. The van der Waals surface area contributed by atoms with E-state index in [-0.39, 0.29) is 11.0 Å². The highest BCUT2D eigenvalue weighted by Crippen LogP contribution is 2.23. The van der Waals surface area contributed by atoms with Gasteiger partial charge in [0.1, 0.15) is 11.4 Å². The van der Waals surface area contributed by atoms with Crippen LogP contribution < -0.4 is 0 Å². The van der Waals surface area contributed by atoms with E-state index in [2.05, 4.69) is 15.2 Å². The highest BCUT2D eigenvalue weighted by molar-refractivity contribution is 7.99. The zero-order chi connectivity index (χ0) is 11.5. The summed E-state index contributed by atoms with van der Waals surface area (Å²) in [7, 11) is 0. The molecule has 0 fully saturated rings. The average molecular weight is 257 g/mol. The van der Waals surface area contributed by atoms with Crippen LogP contribution in [0.3, 0.4) is 0 Å². The van der Waals surface area contributed by atoms with Crippen molar-refractivity contribution in [2.45, 2.75) is 12.1 Å². The lowest BCUT2D eigenvalue weighted by Crippen LogP contribution is -1.97. The minimum absolute atomic E-state index is 0.0995. The SMILES string of the molecule is Cc1nc(-c2nnc(SCC(=O)O)o2)cs1. The molecule has 0 spiro atoms. The van der Waals surface area contributed by atoms with Gasteiger partial charge < -0.3 is 9.52 Å². The van der Waals surface area contributed by atoms with Crippen LogP contribution in [0.25, 0.3) is 11.6 Å². The smallest absolute Gasteiger partial charge is 0.314 e. The molecule has 1 N–H and O–H groups in total. The fraction of sp³-hybridized carbons (Fsp3) is 0.250. The first-order valence-corrected chi connectivity index (χ1v) is 6.12. The quantitative estimate of drug-likeness (QED) is 0.833. The maximum Gasteiger partial charge on any atom is 0.314 e. The molecule has 6 nitrogen and oxygen atoms in total. The van der Waals surface area contributed by atoms with Crippen LogP contribution in [0.4, 0.5) is 0 Å². The second kappa shape index (κ2) is 4.62. The van der Waals surface area contributed by atoms with Gasteiger partial charge in [-0.15, -0.1) is 21.5 Å². The number of carboxylic acids is 1. The van der Waals surface area contributed by atoms with Gasteiger partial charge in [0, 0.05) is 5.38 Å². The standard InChI is InChI=1S/C8H7N3O3S2/c1-4-9-5(2-15-4)7-10-11-8(14-7)16-3-6(12)13/h2H,3H2,1H3,(H,12,13). The van der Waals surface area contributed by atoms with Gasteiger partial charge in [0.25, 0.3) is 11.1 Å². The molecule has 2 aromatic heterocycles. The third kappa shape index (κ3) is 2.58. The summed E-state index contributed by atoms with van der Waals surface area (Å²) in [5.41, 5.74) is 0.622. The maximum absolute atomic E-state index is 10.3. The lowest BCUT2D eigenvalue weighted by atomic mass is 10.5. The normalized spacial score (nSPS) is 10.6. The molecule has 2 heterocycles. The molecule has 0 aliphatic rings. The van der Waals surface area contributed by atoms with Crippen molar-refractivity contribution in [1.82, 2.24) is 15.2 Å². The molecule has 2 aromatic rings. The second-order valence-corrected chi connectivity index (χ2v) is 4.80. The van der Waals surface area contributed by atoms with E-state index in [1.54, 1.807) is 0 Å². The molecule has 0 bridgehead atoms. The molecule has 0 amide bonds. The minimum Gasteiger partial charge on any atom is -0.481 e. The number of aryl methyl sites for hydroxylation is 1.